The van der Waals surface area contributed by atoms with Crippen LogP contribution in [0.2, 0.25) is 0 Å². The smallest absolute Gasteiger partial charge is 0.129 e. The quantitative estimate of drug-likeness (QED) is 0.804. The van der Waals surface area contributed by atoms with Crippen LogP contribution in [0.5, 0.6) is 5.75 Å². The van der Waals surface area contributed by atoms with Gasteiger partial charge in [0.05, 0.1) is 7.11 Å². The third-order valence-electron chi connectivity index (χ3n) is 2.08. The summed E-state index contributed by atoms with van der Waals surface area (Å²) in [5, 5.41) is 0. The predicted molar refractivity (Wildman–Crippen MR) is 55.0 cm³/mol. The molecule has 0 fully saturated rings. The van der Waals surface area contributed by atoms with Gasteiger partial charge in [-0.05, 0) is 43.5 Å². The summed E-state index contributed by atoms with van der Waals surface area (Å²) in [7, 11) is 1.57. The molecule has 14 heavy (non-hydrogen) atoms. The summed E-state index contributed by atoms with van der Waals surface area (Å²) in [6.45, 7) is 3.58. The van der Waals surface area contributed by atoms with Crippen LogP contribution in [0.15, 0.2) is 12.1 Å². The maximum absolute atomic E-state index is 13.6. The Labute approximate surface area is 83.9 Å². The normalized spacial score (nSPS) is 12.6. The van der Waals surface area contributed by atoms with Crippen molar-refractivity contribution in [2.75, 3.05) is 7.11 Å². The number of hydrogen-bond donors (Lipinski definition) is 1. The van der Waals surface area contributed by atoms with E-state index in [0.29, 0.717) is 23.3 Å². The van der Waals surface area contributed by atoms with E-state index >= 15 is 0 Å². The Morgan fingerprint density at radius 2 is 2.14 bits per heavy atom. The second-order valence-electron chi connectivity index (χ2n) is 3.60. The molecule has 2 nitrogen and oxygen atoms in total. The number of rotatable bonds is 3. The van der Waals surface area contributed by atoms with E-state index < -0.39 is 0 Å². The number of aryl methyl sites for hydroxylation is 1. The van der Waals surface area contributed by atoms with Gasteiger partial charge in [0.25, 0.3) is 0 Å². The van der Waals surface area contributed by atoms with Gasteiger partial charge in [-0.1, -0.05) is 0 Å². The molecule has 1 unspecified atom stereocenters. The fourth-order valence-corrected chi connectivity index (χ4v) is 1.42. The Bertz CT molecular complexity index is 323. The lowest BCUT2D eigenvalue weighted by Gasteiger charge is -2.10. The summed E-state index contributed by atoms with van der Waals surface area (Å²) in [5.41, 5.74) is 6.85. The first-order valence-corrected chi connectivity index (χ1v) is 4.63. The number of hydrogen-bond acceptors (Lipinski definition) is 2. The number of halogens is 1. The van der Waals surface area contributed by atoms with Crippen LogP contribution < -0.4 is 10.5 Å². The minimum atomic E-state index is -0.178. The molecule has 0 amide bonds. The molecule has 0 aliphatic heterocycles. The van der Waals surface area contributed by atoms with Gasteiger partial charge in [-0.3, -0.25) is 0 Å². The van der Waals surface area contributed by atoms with E-state index in [1.54, 1.807) is 26.2 Å². The monoisotopic (exact) mass is 197 g/mol. The summed E-state index contributed by atoms with van der Waals surface area (Å²) in [6.07, 6.45) is 0.532. The zero-order valence-corrected chi connectivity index (χ0v) is 8.80. The average molecular weight is 197 g/mol. The Balaban J connectivity index is 3.07. The Hall–Kier alpha value is -1.09. The van der Waals surface area contributed by atoms with Gasteiger partial charge in [0, 0.05) is 6.04 Å². The summed E-state index contributed by atoms with van der Waals surface area (Å²) in [5.74, 6) is 0.502. The molecule has 1 aromatic carbocycles. The molecule has 0 saturated heterocycles. The molecule has 78 valence electrons. The lowest BCUT2D eigenvalue weighted by molar-refractivity contribution is 0.412. The van der Waals surface area contributed by atoms with E-state index in [1.165, 1.54) is 0 Å². The van der Waals surface area contributed by atoms with Crippen molar-refractivity contribution >= 4 is 0 Å². The Morgan fingerprint density at radius 3 is 2.64 bits per heavy atom. The molecule has 0 heterocycles. The molecule has 0 aromatic heterocycles. The fraction of sp³-hybridized carbons (Fsp3) is 0.455. The van der Waals surface area contributed by atoms with Crippen LogP contribution in [-0.2, 0) is 6.42 Å². The van der Waals surface area contributed by atoms with Gasteiger partial charge in [-0.15, -0.1) is 0 Å². The van der Waals surface area contributed by atoms with Gasteiger partial charge in [0.15, 0.2) is 0 Å². The molecule has 2 N–H and O–H groups in total. The van der Waals surface area contributed by atoms with Crippen molar-refractivity contribution in [2.45, 2.75) is 26.3 Å². The first kappa shape index (κ1) is 11.0. The summed E-state index contributed by atoms with van der Waals surface area (Å²) < 4.78 is 18.6. The molecular formula is C11H16FNO. The van der Waals surface area contributed by atoms with Crippen LogP contribution in [0.4, 0.5) is 4.39 Å². The third kappa shape index (κ3) is 2.45. The highest BCUT2D eigenvalue weighted by Gasteiger charge is 2.09. The van der Waals surface area contributed by atoms with E-state index in [9.17, 15) is 4.39 Å². The van der Waals surface area contributed by atoms with Gasteiger partial charge in [-0.25, -0.2) is 4.39 Å². The van der Waals surface area contributed by atoms with E-state index in [1.807, 2.05) is 6.92 Å². The number of benzene rings is 1. The van der Waals surface area contributed by atoms with Crippen molar-refractivity contribution in [3.05, 3.63) is 29.1 Å². The molecule has 1 rings (SSSR count). The molecule has 0 saturated carbocycles. The molecular weight excluding hydrogens is 181 g/mol. The summed E-state index contributed by atoms with van der Waals surface area (Å²) >= 11 is 0. The van der Waals surface area contributed by atoms with Crippen LogP contribution in [0.1, 0.15) is 18.1 Å². The van der Waals surface area contributed by atoms with Crippen LogP contribution in [0, 0.1) is 12.7 Å². The molecule has 0 aliphatic rings. The van der Waals surface area contributed by atoms with E-state index in [-0.39, 0.29) is 11.9 Å². The van der Waals surface area contributed by atoms with Gasteiger partial charge in [0.2, 0.25) is 0 Å². The molecule has 0 bridgehead atoms. The largest absolute Gasteiger partial charge is 0.497 e. The lowest BCUT2D eigenvalue weighted by atomic mass is 10.0. The number of nitrogens with two attached hydrogens (primary N) is 1. The van der Waals surface area contributed by atoms with Crippen LogP contribution in [0.25, 0.3) is 0 Å². The zero-order valence-electron chi connectivity index (χ0n) is 8.80. The highest BCUT2D eigenvalue weighted by Crippen LogP contribution is 2.21. The maximum atomic E-state index is 13.6. The Morgan fingerprint density at radius 1 is 1.50 bits per heavy atom. The first-order chi connectivity index (χ1) is 6.54. The standard InChI is InChI=1S/C11H16FNO/c1-7-4-10(14-3)6-9(11(7)12)5-8(2)13/h4,6,8H,5,13H2,1-3H3. The van der Waals surface area contributed by atoms with Crippen LogP contribution in [0.3, 0.4) is 0 Å². The number of ether oxygens (including phenoxy) is 1. The zero-order chi connectivity index (χ0) is 10.7. The van der Waals surface area contributed by atoms with E-state index in [0.717, 1.165) is 0 Å². The average Bonchev–Trinajstić information content (AvgIpc) is 2.11. The molecule has 0 aliphatic carbocycles. The van der Waals surface area contributed by atoms with Gasteiger partial charge < -0.3 is 10.5 Å². The van der Waals surface area contributed by atoms with Gasteiger partial charge in [-0.2, -0.15) is 0 Å². The van der Waals surface area contributed by atoms with Crippen molar-refractivity contribution in [2.24, 2.45) is 5.73 Å². The highest BCUT2D eigenvalue weighted by molar-refractivity contribution is 5.35. The van der Waals surface area contributed by atoms with Gasteiger partial charge in [0.1, 0.15) is 11.6 Å². The molecule has 0 spiro atoms. The Kier molecular flexibility index (Phi) is 3.47. The van der Waals surface area contributed by atoms with Crippen molar-refractivity contribution in [1.82, 2.24) is 0 Å². The maximum Gasteiger partial charge on any atom is 0.129 e. The molecule has 1 atom stereocenters. The van der Waals surface area contributed by atoms with Crippen molar-refractivity contribution in [1.29, 1.82) is 0 Å². The second-order valence-corrected chi connectivity index (χ2v) is 3.60. The van der Waals surface area contributed by atoms with E-state index in [4.69, 9.17) is 10.5 Å². The number of methoxy groups -OCH3 is 1. The minimum absolute atomic E-state index is 0.0454. The molecule has 1 aromatic rings. The molecule has 0 radical (unpaired) electrons. The van der Waals surface area contributed by atoms with Crippen molar-refractivity contribution in [3.63, 3.8) is 0 Å². The highest BCUT2D eigenvalue weighted by atomic mass is 19.1. The van der Waals surface area contributed by atoms with Crippen molar-refractivity contribution < 1.29 is 9.13 Å². The van der Waals surface area contributed by atoms with Crippen molar-refractivity contribution in [3.8, 4) is 5.75 Å². The summed E-state index contributed by atoms with van der Waals surface area (Å²) in [6, 6.07) is 3.34. The predicted octanol–water partition coefficient (Wildman–Crippen LogP) is 2.03. The first-order valence-electron chi connectivity index (χ1n) is 4.63. The van der Waals surface area contributed by atoms with Crippen LogP contribution >= 0.6 is 0 Å². The van der Waals surface area contributed by atoms with Gasteiger partial charge >= 0.3 is 0 Å². The summed E-state index contributed by atoms with van der Waals surface area (Å²) in [4.78, 5) is 0. The fourth-order valence-electron chi connectivity index (χ4n) is 1.42. The second kappa shape index (κ2) is 4.42. The lowest BCUT2D eigenvalue weighted by Crippen LogP contribution is -2.18. The minimum Gasteiger partial charge on any atom is -0.497 e. The SMILES string of the molecule is COc1cc(C)c(F)c(CC(C)N)c1. The van der Waals surface area contributed by atoms with Crippen LogP contribution in [-0.4, -0.2) is 13.2 Å². The van der Waals surface area contributed by atoms with E-state index in [2.05, 4.69) is 0 Å². The topological polar surface area (TPSA) is 35.2 Å². The molecule has 3 heteroatoms. The third-order valence-corrected chi connectivity index (χ3v) is 2.08.